The van der Waals surface area contributed by atoms with E-state index in [9.17, 15) is 13.6 Å². The molecule has 0 aliphatic carbocycles. The smallest absolute Gasteiger partial charge is 0.304 e. The molecule has 0 saturated heterocycles. The average molecular weight is 167 g/mol. The Bertz CT molecular complexity index is 133. The van der Waals surface area contributed by atoms with Crippen LogP contribution in [0.5, 0.6) is 0 Å². The number of halogens is 2. The molecule has 2 N–H and O–H groups in total. The number of rotatable bonds is 5. The van der Waals surface area contributed by atoms with Gasteiger partial charge in [0.2, 0.25) is 0 Å². The van der Waals surface area contributed by atoms with Crippen LogP contribution < -0.4 is 5.32 Å². The van der Waals surface area contributed by atoms with Gasteiger partial charge in [0.15, 0.2) is 0 Å². The molecule has 0 aliphatic heterocycles. The number of alkyl halides is 2. The highest BCUT2D eigenvalue weighted by molar-refractivity contribution is 5.66. The van der Waals surface area contributed by atoms with Gasteiger partial charge >= 0.3 is 5.97 Å². The van der Waals surface area contributed by atoms with Crippen molar-refractivity contribution in [2.24, 2.45) is 0 Å². The van der Waals surface area contributed by atoms with E-state index >= 15 is 0 Å². The van der Waals surface area contributed by atoms with E-state index < -0.39 is 18.4 Å². The maximum Gasteiger partial charge on any atom is 0.304 e. The van der Waals surface area contributed by atoms with E-state index in [-0.39, 0.29) is 13.0 Å². The molecule has 5 heteroatoms. The molecule has 11 heavy (non-hydrogen) atoms. The third-order valence-corrected chi connectivity index (χ3v) is 0.951. The van der Waals surface area contributed by atoms with Crippen molar-refractivity contribution >= 4 is 5.97 Å². The Morgan fingerprint density at radius 3 is 2.55 bits per heavy atom. The summed E-state index contributed by atoms with van der Waals surface area (Å²) < 4.78 is 24.1. The highest BCUT2D eigenvalue weighted by Crippen LogP contribution is 2.08. The van der Waals surface area contributed by atoms with Crippen molar-refractivity contribution in [2.75, 3.05) is 13.1 Å². The van der Waals surface area contributed by atoms with E-state index in [2.05, 4.69) is 5.32 Å². The lowest BCUT2D eigenvalue weighted by molar-refractivity contribution is -0.136. The fourth-order valence-corrected chi connectivity index (χ4v) is 0.503. The second-order valence-corrected chi connectivity index (χ2v) is 2.39. The zero-order valence-corrected chi connectivity index (χ0v) is 6.23. The summed E-state index contributed by atoms with van der Waals surface area (Å²) >= 11 is 0. The van der Waals surface area contributed by atoms with Gasteiger partial charge in [-0.25, -0.2) is 8.78 Å². The second-order valence-electron chi connectivity index (χ2n) is 2.39. The van der Waals surface area contributed by atoms with E-state index in [1.54, 1.807) is 0 Å². The first kappa shape index (κ1) is 10.3. The third-order valence-electron chi connectivity index (χ3n) is 0.951. The Hall–Kier alpha value is -0.710. The van der Waals surface area contributed by atoms with Crippen molar-refractivity contribution in [3.05, 3.63) is 0 Å². The number of nitrogens with one attached hydrogen (secondary N) is 1. The van der Waals surface area contributed by atoms with Crippen LogP contribution in [0.3, 0.4) is 0 Å². The van der Waals surface area contributed by atoms with Crippen LogP contribution in [0.15, 0.2) is 0 Å². The molecule has 3 nitrogen and oxygen atoms in total. The van der Waals surface area contributed by atoms with Crippen molar-refractivity contribution in [2.45, 2.75) is 19.3 Å². The van der Waals surface area contributed by atoms with Gasteiger partial charge in [0.05, 0.1) is 13.0 Å². The molecule has 0 bridgehead atoms. The van der Waals surface area contributed by atoms with Gasteiger partial charge in [-0.3, -0.25) is 4.79 Å². The van der Waals surface area contributed by atoms with Gasteiger partial charge < -0.3 is 10.4 Å². The van der Waals surface area contributed by atoms with Gasteiger partial charge in [-0.1, -0.05) is 0 Å². The minimum atomic E-state index is -2.77. The molecule has 0 aliphatic rings. The molecular weight excluding hydrogens is 156 g/mol. The van der Waals surface area contributed by atoms with Gasteiger partial charge in [0.25, 0.3) is 5.92 Å². The number of carbonyl (C=O) groups is 1. The first-order chi connectivity index (χ1) is 4.92. The molecule has 66 valence electrons. The molecule has 0 radical (unpaired) electrons. The molecule has 0 aromatic heterocycles. The third kappa shape index (κ3) is 9.29. The number of carboxylic acid groups (broad SMARTS) is 1. The van der Waals surface area contributed by atoms with Crippen LogP contribution in [0.4, 0.5) is 8.78 Å². The van der Waals surface area contributed by atoms with Crippen LogP contribution in [0.1, 0.15) is 13.3 Å². The molecule has 0 fully saturated rings. The number of carboxylic acids is 1. The van der Waals surface area contributed by atoms with Gasteiger partial charge in [-0.05, 0) is 0 Å². The molecule has 0 aromatic rings. The molecule has 0 amide bonds. The quantitative estimate of drug-likeness (QED) is 0.593. The lowest BCUT2D eigenvalue weighted by Gasteiger charge is -2.09. The first-order valence-electron chi connectivity index (χ1n) is 3.22. The molecular formula is C6H11F2NO2. The Balaban J connectivity index is 3.22. The van der Waals surface area contributed by atoms with Crippen LogP contribution in [0.2, 0.25) is 0 Å². The van der Waals surface area contributed by atoms with Crippen LogP contribution in [0, 0.1) is 0 Å². The predicted molar refractivity (Wildman–Crippen MR) is 35.7 cm³/mol. The Morgan fingerprint density at radius 2 is 2.18 bits per heavy atom. The summed E-state index contributed by atoms with van der Waals surface area (Å²) in [4.78, 5) is 9.90. The lowest BCUT2D eigenvalue weighted by Crippen LogP contribution is -2.31. The monoisotopic (exact) mass is 167 g/mol. The maximum atomic E-state index is 12.0. The van der Waals surface area contributed by atoms with Crippen molar-refractivity contribution in [1.82, 2.24) is 5.32 Å². The number of hydrogen-bond acceptors (Lipinski definition) is 2. The molecule has 0 heterocycles. The Kier molecular flexibility index (Phi) is 3.95. The predicted octanol–water partition coefficient (Wildman–Crippen LogP) is 0.706. The van der Waals surface area contributed by atoms with E-state index in [1.165, 1.54) is 0 Å². The molecule has 0 aromatic carbocycles. The van der Waals surface area contributed by atoms with Crippen molar-refractivity contribution < 1.29 is 18.7 Å². The summed E-state index contributed by atoms with van der Waals surface area (Å²) in [6.07, 6.45) is -0.129. The fourth-order valence-electron chi connectivity index (χ4n) is 0.503. The summed E-state index contributed by atoms with van der Waals surface area (Å²) in [5.74, 6) is -3.75. The summed E-state index contributed by atoms with van der Waals surface area (Å²) in [6.45, 7) is 0.389. The zero-order valence-electron chi connectivity index (χ0n) is 6.23. The van der Waals surface area contributed by atoms with E-state index in [0.29, 0.717) is 0 Å². The largest absolute Gasteiger partial charge is 0.481 e. The molecule has 0 spiro atoms. The Morgan fingerprint density at radius 1 is 1.64 bits per heavy atom. The van der Waals surface area contributed by atoms with E-state index in [1.807, 2.05) is 0 Å². The molecule has 0 rings (SSSR count). The summed E-state index contributed by atoms with van der Waals surface area (Å²) in [5, 5.41) is 10.4. The zero-order chi connectivity index (χ0) is 8.91. The highest BCUT2D eigenvalue weighted by Gasteiger charge is 2.19. The van der Waals surface area contributed by atoms with Crippen LogP contribution in [0.25, 0.3) is 0 Å². The van der Waals surface area contributed by atoms with Crippen LogP contribution >= 0.6 is 0 Å². The second kappa shape index (κ2) is 4.23. The Labute approximate surface area is 63.4 Å². The minimum Gasteiger partial charge on any atom is -0.481 e. The first-order valence-corrected chi connectivity index (χ1v) is 3.22. The van der Waals surface area contributed by atoms with Crippen molar-refractivity contribution in [1.29, 1.82) is 0 Å². The summed E-state index contributed by atoms with van der Waals surface area (Å²) in [5.41, 5.74) is 0. The van der Waals surface area contributed by atoms with Gasteiger partial charge in [-0.15, -0.1) is 0 Å². The lowest BCUT2D eigenvalue weighted by atomic mass is 10.3. The number of aliphatic carboxylic acids is 1. The van der Waals surface area contributed by atoms with Crippen LogP contribution in [-0.2, 0) is 4.79 Å². The standard InChI is InChI=1S/C6H11F2NO2/c1-6(7,8)4-9-3-2-5(10)11/h9H,2-4H2,1H3,(H,10,11). The summed E-state index contributed by atoms with van der Waals surface area (Å²) in [7, 11) is 0. The minimum absolute atomic E-state index is 0.0821. The highest BCUT2D eigenvalue weighted by atomic mass is 19.3. The number of hydrogen-bond donors (Lipinski definition) is 2. The fraction of sp³-hybridized carbons (Fsp3) is 0.833. The average Bonchev–Trinajstić information content (AvgIpc) is 1.78. The van der Waals surface area contributed by atoms with Gasteiger partial charge in [0, 0.05) is 13.5 Å². The van der Waals surface area contributed by atoms with Gasteiger partial charge in [0.1, 0.15) is 0 Å². The van der Waals surface area contributed by atoms with Crippen LogP contribution in [-0.4, -0.2) is 30.1 Å². The van der Waals surface area contributed by atoms with E-state index in [4.69, 9.17) is 5.11 Å². The van der Waals surface area contributed by atoms with Gasteiger partial charge in [-0.2, -0.15) is 0 Å². The topological polar surface area (TPSA) is 49.3 Å². The SMILES string of the molecule is CC(F)(F)CNCCC(=O)O. The molecule has 0 unspecified atom stereocenters. The molecule has 0 atom stereocenters. The van der Waals surface area contributed by atoms with Crippen molar-refractivity contribution in [3.63, 3.8) is 0 Å². The van der Waals surface area contributed by atoms with Crippen molar-refractivity contribution in [3.8, 4) is 0 Å². The van der Waals surface area contributed by atoms with E-state index in [0.717, 1.165) is 6.92 Å². The normalized spacial score (nSPS) is 11.5. The summed E-state index contributed by atoms with van der Waals surface area (Å²) in [6, 6.07) is 0. The maximum absolute atomic E-state index is 12.0. The molecule has 0 saturated carbocycles.